The van der Waals surface area contributed by atoms with Crippen molar-refractivity contribution in [3.8, 4) is 0 Å². The summed E-state index contributed by atoms with van der Waals surface area (Å²) in [6.45, 7) is 3.71. The molecule has 0 unspecified atom stereocenters. The number of benzene rings is 1. The Morgan fingerprint density at radius 3 is 2.55 bits per heavy atom. The summed E-state index contributed by atoms with van der Waals surface area (Å²) in [6.07, 6.45) is 3.72. The van der Waals surface area contributed by atoms with E-state index in [9.17, 15) is 9.59 Å². The average Bonchev–Trinajstić information content (AvgIpc) is 2.67. The molecule has 106 valence electrons. The fourth-order valence-electron chi connectivity index (χ4n) is 3.28. The van der Waals surface area contributed by atoms with E-state index in [2.05, 4.69) is 0 Å². The van der Waals surface area contributed by atoms with Gasteiger partial charge in [-0.3, -0.25) is 0 Å². The van der Waals surface area contributed by atoms with Crippen LogP contribution in [0.15, 0.2) is 6.07 Å². The molecule has 0 radical (unpaired) electrons. The Morgan fingerprint density at radius 1 is 1.25 bits per heavy atom. The van der Waals surface area contributed by atoms with Crippen molar-refractivity contribution in [2.75, 3.05) is 7.11 Å². The van der Waals surface area contributed by atoms with E-state index >= 15 is 0 Å². The Labute approximate surface area is 118 Å². The monoisotopic (exact) mass is 274 g/mol. The highest BCUT2D eigenvalue weighted by Crippen LogP contribution is 2.42. The first-order valence-electron chi connectivity index (χ1n) is 6.96. The lowest BCUT2D eigenvalue weighted by Gasteiger charge is -2.23. The molecule has 1 aliphatic carbocycles. The van der Waals surface area contributed by atoms with Crippen molar-refractivity contribution in [3.63, 3.8) is 0 Å². The van der Waals surface area contributed by atoms with Crippen molar-refractivity contribution in [1.82, 2.24) is 0 Å². The first-order valence-corrected chi connectivity index (χ1v) is 6.96. The summed E-state index contributed by atoms with van der Waals surface area (Å²) in [5.41, 5.74) is 3.36. The van der Waals surface area contributed by atoms with Crippen LogP contribution in [0.1, 0.15) is 64.1 Å². The van der Waals surface area contributed by atoms with Crippen LogP contribution < -0.4 is 0 Å². The molecule has 0 amide bonds. The smallest absolute Gasteiger partial charge is 0.339 e. The predicted molar refractivity (Wildman–Crippen MR) is 72.9 cm³/mol. The number of carbonyl (C=O) groups is 2. The number of esters is 2. The number of hydrogen-bond donors (Lipinski definition) is 0. The number of ether oxygens (including phenoxy) is 2. The number of hydrogen-bond acceptors (Lipinski definition) is 4. The zero-order valence-electron chi connectivity index (χ0n) is 12.0. The van der Waals surface area contributed by atoms with Crippen LogP contribution >= 0.6 is 0 Å². The van der Waals surface area contributed by atoms with Crippen LogP contribution in [0, 0.1) is 0 Å². The Hall–Kier alpha value is -1.84. The van der Waals surface area contributed by atoms with Gasteiger partial charge in [-0.05, 0) is 56.7 Å². The summed E-state index contributed by atoms with van der Waals surface area (Å²) in [6, 6.07) is 1.79. The van der Waals surface area contributed by atoms with Crippen LogP contribution in [0.5, 0.6) is 0 Å². The minimum Gasteiger partial charge on any atom is -0.465 e. The van der Waals surface area contributed by atoms with Gasteiger partial charge in [-0.1, -0.05) is 0 Å². The topological polar surface area (TPSA) is 52.6 Å². The van der Waals surface area contributed by atoms with Gasteiger partial charge in [0, 0.05) is 5.56 Å². The van der Waals surface area contributed by atoms with E-state index in [1.807, 2.05) is 13.8 Å². The molecule has 4 heteroatoms. The van der Waals surface area contributed by atoms with Crippen LogP contribution in [0.3, 0.4) is 0 Å². The molecule has 0 saturated carbocycles. The summed E-state index contributed by atoms with van der Waals surface area (Å²) in [7, 11) is 1.39. The van der Waals surface area contributed by atoms with Crippen molar-refractivity contribution in [3.05, 3.63) is 33.9 Å². The molecule has 2 aliphatic rings. The molecule has 0 atom stereocenters. The second kappa shape index (κ2) is 4.33. The van der Waals surface area contributed by atoms with Gasteiger partial charge < -0.3 is 9.47 Å². The van der Waals surface area contributed by atoms with Gasteiger partial charge in [0.15, 0.2) is 0 Å². The maximum atomic E-state index is 12.2. The summed E-state index contributed by atoms with van der Waals surface area (Å²) in [5, 5.41) is 0. The quantitative estimate of drug-likeness (QED) is 0.739. The highest BCUT2D eigenvalue weighted by atomic mass is 16.6. The molecule has 0 N–H and O–H groups in total. The molecule has 20 heavy (non-hydrogen) atoms. The van der Waals surface area contributed by atoms with Crippen LogP contribution in [0.4, 0.5) is 0 Å². The molecule has 1 aliphatic heterocycles. The molecule has 0 fully saturated rings. The average molecular weight is 274 g/mol. The number of carbonyl (C=O) groups excluding carboxylic acids is 2. The largest absolute Gasteiger partial charge is 0.465 e. The minimum absolute atomic E-state index is 0.264. The molecular weight excluding hydrogens is 256 g/mol. The first-order chi connectivity index (χ1) is 9.45. The standard InChI is InChI=1S/C16H18O4/c1-16(2)12-8-11(14(17)19-3)9-6-4-5-7-10(9)13(12)15(18)20-16/h8H,4-7H2,1-3H3. The molecular formula is C16H18O4. The fraction of sp³-hybridized carbons (Fsp3) is 0.500. The number of cyclic esters (lactones) is 1. The van der Waals surface area contributed by atoms with Crippen molar-refractivity contribution in [2.24, 2.45) is 0 Å². The van der Waals surface area contributed by atoms with Gasteiger partial charge in [0.2, 0.25) is 0 Å². The summed E-state index contributed by atoms with van der Waals surface area (Å²) in [4.78, 5) is 24.2. The predicted octanol–water partition coefficient (Wildman–Crippen LogP) is 2.76. The van der Waals surface area contributed by atoms with Gasteiger partial charge in [0.1, 0.15) is 5.60 Å². The van der Waals surface area contributed by atoms with Crippen LogP contribution in [-0.4, -0.2) is 19.0 Å². The van der Waals surface area contributed by atoms with E-state index in [0.717, 1.165) is 42.4 Å². The van der Waals surface area contributed by atoms with Gasteiger partial charge in [-0.15, -0.1) is 0 Å². The normalized spacial score (nSPS) is 19.1. The maximum Gasteiger partial charge on any atom is 0.339 e. The number of rotatable bonds is 1. The Morgan fingerprint density at radius 2 is 1.90 bits per heavy atom. The van der Waals surface area contributed by atoms with Gasteiger partial charge in [-0.25, -0.2) is 9.59 Å². The maximum absolute atomic E-state index is 12.2. The molecule has 3 rings (SSSR count). The van der Waals surface area contributed by atoms with E-state index in [4.69, 9.17) is 9.47 Å². The molecule has 0 saturated heterocycles. The van der Waals surface area contributed by atoms with Gasteiger partial charge in [0.05, 0.1) is 18.2 Å². The Bertz CT molecular complexity index is 613. The molecule has 0 aromatic heterocycles. The first kappa shape index (κ1) is 13.2. The highest BCUT2D eigenvalue weighted by Gasteiger charge is 2.41. The lowest BCUT2D eigenvalue weighted by atomic mass is 9.80. The molecule has 1 aromatic rings. The summed E-state index contributed by atoms with van der Waals surface area (Å²) >= 11 is 0. The van der Waals surface area contributed by atoms with Crippen LogP contribution in [0.2, 0.25) is 0 Å². The Balaban J connectivity index is 2.31. The van der Waals surface area contributed by atoms with E-state index in [-0.39, 0.29) is 11.9 Å². The lowest BCUT2D eigenvalue weighted by molar-refractivity contribution is 0.00950. The lowest BCUT2D eigenvalue weighted by Crippen LogP contribution is -2.19. The third kappa shape index (κ3) is 1.74. The van der Waals surface area contributed by atoms with Crippen molar-refractivity contribution in [1.29, 1.82) is 0 Å². The SMILES string of the molecule is COC(=O)c1cc2c(c3c1CCCC3)C(=O)OC2(C)C. The van der Waals surface area contributed by atoms with Crippen molar-refractivity contribution >= 4 is 11.9 Å². The van der Waals surface area contributed by atoms with E-state index in [0.29, 0.717) is 11.1 Å². The third-order valence-corrected chi connectivity index (χ3v) is 4.26. The summed E-state index contributed by atoms with van der Waals surface area (Å²) in [5.74, 6) is -0.597. The van der Waals surface area contributed by atoms with E-state index in [1.54, 1.807) is 6.07 Å². The molecule has 0 spiro atoms. The van der Waals surface area contributed by atoms with Crippen LogP contribution in [0.25, 0.3) is 0 Å². The fourth-order valence-corrected chi connectivity index (χ4v) is 3.28. The van der Waals surface area contributed by atoms with Crippen molar-refractivity contribution in [2.45, 2.75) is 45.1 Å². The molecule has 0 bridgehead atoms. The minimum atomic E-state index is -0.679. The highest BCUT2D eigenvalue weighted by molar-refractivity contribution is 6.00. The second-order valence-electron chi connectivity index (χ2n) is 5.90. The zero-order chi connectivity index (χ0) is 14.5. The molecule has 4 nitrogen and oxygen atoms in total. The third-order valence-electron chi connectivity index (χ3n) is 4.26. The van der Waals surface area contributed by atoms with E-state index in [1.165, 1.54) is 7.11 Å². The second-order valence-corrected chi connectivity index (χ2v) is 5.90. The summed E-state index contributed by atoms with van der Waals surface area (Å²) < 4.78 is 10.4. The van der Waals surface area contributed by atoms with E-state index < -0.39 is 5.60 Å². The number of methoxy groups -OCH3 is 1. The van der Waals surface area contributed by atoms with Crippen molar-refractivity contribution < 1.29 is 19.1 Å². The Kier molecular flexibility index (Phi) is 2.85. The van der Waals surface area contributed by atoms with Crippen LogP contribution in [-0.2, 0) is 27.9 Å². The number of fused-ring (bicyclic) bond motifs is 3. The van der Waals surface area contributed by atoms with Gasteiger partial charge in [-0.2, -0.15) is 0 Å². The van der Waals surface area contributed by atoms with Gasteiger partial charge in [0.25, 0.3) is 0 Å². The molecule has 1 aromatic carbocycles. The molecule has 1 heterocycles. The zero-order valence-corrected chi connectivity index (χ0v) is 12.0. The van der Waals surface area contributed by atoms with Gasteiger partial charge >= 0.3 is 11.9 Å².